The van der Waals surface area contributed by atoms with Crippen molar-refractivity contribution in [2.45, 2.75) is 44.0 Å². The summed E-state index contributed by atoms with van der Waals surface area (Å²) in [5.41, 5.74) is 0.964. The molecule has 3 nitrogen and oxygen atoms in total. The largest absolute Gasteiger partial charge is 0.462 e. The molecular weight excluding hydrogens is 216 g/mol. The van der Waals surface area contributed by atoms with Crippen LogP contribution in [0, 0.1) is 0 Å². The topological polar surface area (TPSA) is 38.7 Å². The zero-order valence-electron chi connectivity index (χ0n) is 9.89. The summed E-state index contributed by atoms with van der Waals surface area (Å²) < 4.78 is 12.1. The molecule has 3 heteroatoms. The van der Waals surface area contributed by atoms with Crippen molar-refractivity contribution in [1.29, 1.82) is 0 Å². The van der Waals surface area contributed by atoms with Crippen molar-refractivity contribution in [3.63, 3.8) is 0 Å². The summed E-state index contributed by atoms with van der Waals surface area (Å²) in [6, 6.07) is 7.85. The van der Waals surface area contributed by atoms with Crippen LogP contribution in [0.25, 0.3) is 0 Å². The normalized spacial score (nSPS) is 26.3. The van der Waals surface area contributed by atoms with Gasteiger partial charge in [-0.3, -0.25) is 0 Å². The monoisotopic (exact) mass is 234 g/mol. The molecule has 1 saturated carbocycles. The molecule has 0 amide bonds. The number of benzene rings is 1. The molecule has 17 heavy (non-hydrogen) atoms. The van der Waals surface area contributed by atoms with E-state index in [1.807, 2.05) is 24.3 Å². The van der Waals surface area contributed by atoms with Crippen molar-refractivity contribution < 1.29 is 14.6 Å². The highest BCUT2D eigenvalue weighted by atomic mass is 16.7. The first-order chi connectivity index (χ1) is 8.33. The second-order valence-corrected chi connectivity index (χ2v) is 4.90. The lowest BCUT2D eigenvalue weighted by Crippen LogP contribution is -2.45. The molecule has 1 aromatic rings. The Kier molecular flexibility index (Phi) is 2.81. The highest BCUT2D eigenvalue weighted by molar-refractivity contribution is 5.37. The van der Waals surface area contributed by atoms with Gasteiger partial charge < -0.3 is 14.6 Å². The second-order valence-electron chi connectivity index (χ2n) is 4.90. The summed E-state index contributed by atoms with van der Waals surface area (Å²) in [7, 11) is 0. The number of hydrogen-bond donors (Lipinski definition) is 1. The molecule has 1 heterocycles. The predicted octanol–water partition coefficient (Wildman–Crippen LogP) is 2.79. The van der Waals surface area contributed by atoms with Gasteiger partial charge in [-0.2, -0.15) is 0 Å². The van der Waals surface area contributed by atoms with Crippen molar-refractivity contribution in [2.24, 2.45) is 0 Å². The summed E-state index contributed by atoms with van der Waals surface area (Å²) in [4.78, 5) is 0. The van der Waals surface area contributed by atoms with Crippen molar-refractivity contribution in [3.8, 4) is 5.75 Å². The molecule has 0 unspecified atom stereocenters. The summed E-state index contributed by atoms with van der Waals surface area (Å²) >= 11 is 0. The summed E-state index contributed by atoms with van der Waals surface area (Å²) in [6.07, 6.45) is 5.15. The molecule has 92 valence electrons. The fourth-order valence-electron chi connectivity index (χ4n) is 2.83. The van der Waals surface area contributed by atoms with Gasteiger partial charge in [0.1, 0.15) is 11.9 Å². The molecular formula is C14H18O3. The number of aliphatic hydroxyl groups excluding tert-OH is 1. The minimum atomic E-state index is -0.486. The average molecular weight is 234 g/mol. The lowest BCUT2D eigenvalue weighted by atomic mass is 9.92. The Hall–Kier alpha value is -1.06. The molecule has 0 saturated heterocycles. The van der Waals surface area contributed by atoms with Crippen molar-refractivity contribution >= 4 is 0 Å². The smallest absolute Gasteiger partial charge is 0.211 e. The fraction of sp³-hybridized carbons (Fsp3) is 0.571. The third-order valence-electron chi connectivity index (χ3n) is 3.70. The van der Waals surface area contributed by atoms with E-state index in [-0.39, 0.29) is 12.7 Å². The fourth-order valence-corrected chi connectivity index (χ4v) is 2.83. The average Bonchev–Trinajstić information content (AvgIpc) is 2.38. The molecule has 0 radical (unpaired) electrons. The number of hydrogen-bond acceptors (Lipinski definition) is 3. The molecule has 1 atom stereocenters. The van der Waals surface area contributed by atoms with Crippen molar-refractivity contribution in [2.75, 3.05) is 6.61 Å². The Morgan fingerprint density at radius 1 is 1.18 bits per heavy atom. The molecule has 2 aliphatic rings. The number of rotatable bonds is 1. The lowest BCUT2D eigenvalue weighted by molar-refractivity contribution is -0.250. The molecule has 1 spiro atoms. The molecule has 1 aliphatic heterocycles. The quantitative estimate of drug-likeness (QED) is 0.812. The van der Waals surface area contributed by atoms with Gasteiger partial charge in [0.05, 0.1) is 6.61 Å². The van der Waals surface area contributed by atoms with Gasteiger partial charge in [-0.1, -0.05) is 24.6 Å². The first kappa shape index (κ1) is 11.1. The van der Waals surface area contributed by atoms with E-state index in [0.29, 0.717) is 0 Å². The van der Waals surface area contributed by atoms with E-state index < -0.39 is 5.79 Å². The molecule has 1 fully saturated rings. The van der Waals surface area contributed by atoms with E-state index in [1.54, 1.807) is 0 Å². The van der Waals surface area contributed by atoms with Crippen LogP contribution in [0.15, 0.2) is 24.3 Å². The summed E-state index contributed by atoms with van der Waals surface area (Å²) in [6.45, 7) is 0.0160. The zero-order valence-corrected chi connectivity index (χ0v) is 9.89. The SMILES string of the molecule is OC[C@@H]1OC2(CCCCC2)Oc2ccccc21. The molecule has 0 aromatic heterocycles. The number of para-hydroxylation sites is 1. The van der Waals surface area contributed by atoms with Gasteiger partial charge in [0.2, 0.25) is 5.79 Å². The second kappa shape index (κ2) is 4.31. The van der Waals surface area contributed by atoms with E-state index in [0.717, 1.165) is 37.0 Å². The first-order valence-corrected chi connectivity index (χ1v) is 6.40. The van der Waals surface area contributed by atoms with Crippen molar-refractivity contribution in [3.05, 3.63) is 29.8 Å². The maximum absolute atomic E-state index is 9.47. The van der Waals surface area contributed by atoms with E-state index in [1.165, 1.54) is 6.42 Å². The van der Waals surface area contributed by atoms with Gasteiger partial charge in [0.15, 0.2) is 0 Å². The zero-order chi connectivity index (χ0) is 11.7. The van der Waals surface area contributed by atoms with E-state index in [2.05, 4.69) is 0 Å². The van der Waals surface area contributed by atoms with Crippen LogP contribution >= 0.6 is 0 Å². The summed E-state index contributed by atoms with van der Waals surface area (Å²) in [5.74, 6) is 0.389. The molecule has 3 rings (SSSR count). The van der Waals surface area contributed by atoms with Gasteiger partial charge in [0, 0.05) is 18.4 Å². The third-order valence-corrected chi connectivity index (χ3v) is 3.70. The van der Waals surface area contributed by atoms with Crippen LogP contribution in [0.4, 0.5) is 0 Å². The van der Waals surface area contributed by atoms with Gasteiger partial charge in [-0.05, 0) is 18.9 Å². The Bertz CT molecular complexity index is 396. The maximum atomic E-state index is 9.47. The van der Waals surface area contributed by atoms with Crippen LogP contribution in [0.2, 0.25) is 0 Å². The Morgan fingerprint density at radius 3 is 2.71 bits per heavy atom. The lowest BCUT2D eigenvalue weighted by Gasteiger charge is -2.43. The van der Waals surface area contributed by atoms with Gasteiger partial charge in [-0.15, -0.1) is 0 Å². The van der Waals surface area contributed by atoms with Crippen LogP contribution in [0.5, 0.6) is 5.75 Å². The van der Waals surface area contributed by atoms with Gasteiger partial charge in [-0.25, -0.2) is 0 Å². The molecule has 1 N–H and O–H groups in total. The standard InChI is InChI=1S/C14H18O3/c15-10-13-11-6-2-3-7-12(11)16-14(17-13)8-4-1-5-9-14/h2-3,6-7,13,15H,1,4-5,8-10H2/t13-/m0/s1. The highest BCUT2D eigenvalue weighted by Gasteiger charge is 2.42. The number of fused-ring (bicyclic) bond motifs is 1. The van der Waals surface area contributed by atoms with E-state index >= 15 is 0 Å². The molecule has 1 aromatic carbocycles. The maximum Gasteiger partial charge on any atom is 0.211 e. The van der Waals surface area contributed by atoms with Crippen LogP contribution in [-0.4, -0.2) is 17.5 Å². The minimum absolute atomic E-state index is 0.0160. The van der Waals surface area contributed by atoms with Gasteiger partial charge >= 0.3 is 0 Å². The Balaban J connectivity index is 1.94. The van der Waals surface area contributed by atoms with Crippen molar-refractivity contribution in [1.82, 2.24) is 0 Å². The summed E-state index contributed by atoms with van der Waals surface area (Å²) in [5, 5.41) is 9.47. The first-order valence-electron chi connectivity index (χ1n) is 6.40. The van der Waals surface area contributed by atoms with Crippen LogP contribution in [0.1, 0.15) is 43.8 Å². The van der Waals surface area contributed by atoms with Crippen LogP contribution in [-0.2, 0) is 4.74 Å². The van der Waals surface area contributed by atoms with Gasteiger partial charge in [0.25, 0.3) is 0 Å². The van der Waals surface area contributed by atoms with Crippen LogP contribution < -0.4 is 4.74 Å². The van der Waals surface area contributed by atoms with E-state index in [4.69, 9.17) is 9.47 Å². The van der Waals surface area contributed by atoms with Crippen LogP contribution in [0.3, 0.4) is 0 Å². The minimum Gasteiger partial charge on any atom is -0.462 e. The number of aliphatic hydroxyl groups is 1. The highest BCUT2D eigenvalue weighted by Crippen LogP contribution is 2.44. The predicted molar refractivity (Wildman–Crippen MR) is 63.8 cm³/mol. The molecule has 0 bridgehead atoms. The van der Waals surface area contributed by atoms with E-state index in [9.17, 15) is 5.11 Å². The third kappa shape index (κ3) is 1.94. The Labute approximate surface area is 101 Å². The Morgan fingerprint density at radius 2 is 1.94 bits per heavy atom. The number of ether oxygens (including phenoxy) is 2. The molecule has 1 aliphatic carbocycles.